The molecular weight excluding hydrogens is 499 g/mol. The molecule has 34 heavy (non-hydrogen) atoms. The minimum absolute atomic E-state index is 0.168. The van der Waals surface area contributed by atoms with E-state index in [1.54, 1.807) is 49.4 Å². The van der Waals surface area contributed by atoms with Gasteiger partial charge in [0.1, 0.15) is 11.9 Å². The number of carbonyl (C=O) groups excluding carboxylic acids is 1. The molecule has 3 aromatic carbocycles. The molecule has 0 bridgehead atoms. The summed E-state index contributed by atoms with van der Waals surface area (Å²) in [7, 11) is -3.00. The van der Waals surface area contributed by atoms with Crippen LogP contribution in [0.15, 0.2) is 71.6 Å². The van der Waals surface area contributed by atoms with Gasteiger partial charge < -0.3 is 9.47 Å². The normalized spacial score (nSPS) is 13.3. The van der Waals surface area contributed by atoms with Crippen molar-refractivity contribution in [2.45, 2.75) is 31.0 Å². The second-order valence-electron chi connectivity index (χ2n) is 7.41. The van der Waals surface area contributed by atoms with Crippen molar-refractivity contribution in [1.82, 2.24) is 0 Å². The van der Waals surface area contributed by atoms with E-state index in [4.69, 9.17) is 36.9 Å². The van der Waals surface area contributed by atoms with Crippen LogP contribution in [0.3, 0.4) is 0 Å². The van der Waals surface area contributed by atoms with Gasteiger partial charge in [0.2, 0.25) is 0 Å². The third-order valence-corrected chi connectivity index (χ3v) is 7.05. The van der Waals surface area contributed by atoms with Gasteiger partial charge >= 0.3 is 0 Å². The second-order valence-corrected chi connectivity index (χ2v) is 9.83. The summed E-state index contributed by atoms with van der Waals surface area (Å²) in [5.74, 6) is 0.0451. The van der Waals surface area contributed by atoms with Gasteiger partial charge in [-0.2, -0.15) is 8.42 Å². The second kappa shape index (κ2) is 11.3. The summed E-state index contributed by atoms with van der Waals surface area (Å²) in [6.45, 7) is 4.10. The van der Waals surface area contributed by atoms with Gasteiger partial charge in [-0.3, -0.25) is 8.98 Å². The van der Waals surface area contributed by atoms with Crippen molar-refractivity contribution in [2.24, 2.45) is 0 Å². The average molecular weight is 523 g/mol. The fourth-order valence-electron chi connectivity index (χ4n) is 3.29. The fourth-order valence-corrected chi connectivity index (χ4v) is 4.73. The number of Topliss-reactive ketones (excluding diaryl/α,β-unsaturated/α-hetero) is 1. The Hall–Kier alpha value is -2.42. The molecule has 0 heterocycles. The van der Waals surface area contributed by atoms with Crippen LogP contribution in [0.25, 0.3) is 0 Å². The summed E-state index contributed by atoms with van der Waals surface area (Å²) < 4.78 is 42.9. The molecular formula is C25H24Cl2O6S. The number of methoxy groups -OCH3 is 1. The van der Waals surface area contributed by atoms with Gasteiger partial charge in [0.05, 0.1) is 11.5 Å². The summed E-state index contributed by atoms with van der Waals surface area (Å²) in [6.07, 6.45) is -2.55. The molecule has 0 N–H and O–H groups in total. The number of rotatable bonds is 10. The Labute approximate surface area is 209 Å². The summed E-state index contributed by atoms with van der Waals surface area (Å²) in [5, 5.41) is 0.700. The number of benzene rings is 3. The number of carbonyl (C=O) groups is 1. The van der Waals surface area contributed by atoms with E-state index in [-0.39, 0.29) is 15.5 Å². The molecule has 6 nitrogen and oxygen atoms in total. The first kappa shape index (κ1) is 26.2. The van der Waals surface area contributed by atoms with E-state index in [0.717, 1.165) is 0 Å². The standard InChI is InChI=1S/C25H24Cl2O6S/c1-4-32-20-12-8-18(9-13-20)24(31-3)25(23(28)17-6-10-19(26)11-7-17)33-34(29,30)21-14-5-16(2)22(27)15-21/h5-15,24-25H,4H2,1-3H3. The predicted molar refractivity (Wildman–Crippen MR) is 131 cm³/mol. The minimum atomic E-state index is -4.38. The molecule has 0 spiro atoms. The predicted octanol–water partition coefficient (Wildman–Crippen LogP) is 6.05. The first-order valence-corrected chi connectivity index (χ1v) is 12.6. The highest BCUT2D eigenvalue weighted by atomic mass is 35.5. The Morgan fingerprint density at radius 2 is 1.62 bits per heavy atom. The van der Waals surface area contributed by atoms with Crippen LogP contribution in [0.5, 0.6) is 5.75 Å². The summed E-state index contributed by atoms with van der Waals surface area (Å²) in [5.41, 5.74) is 1.47. The third kappa shape index (κ3) is 6.17. The lowest BCUT2D eigenvalue weighted by Crippen LogP contribution is -2.34. The molecule has 0 saturated heterocycles. The molecule has 2 unspecified atom stereocenters. The first-order valence-electron chi connectivity index (χ1n) is 10.4. The summed E-state index contributed by atoms with van der Waals surface area (Å²) in [6, 6.07) is 17.1. The zero-order valence-corrected chi connectivity index (χ0v) is 21.2. The molecule has 9 heteroatoms. The van der Waals surface area contributed by atoms with E-state index < -0.39 is 28.1 Å². The number of ether oxygens (including phenoxy) is 2. The van der Waals surface area contributed by atoms with Crippen LogP contribution >= 0.6 is 23.2 Å². The van der Waals surface area contributed by atoms with E-state index in [1.165, 1.54) is 31.4 Å². The largest absolute Gasteiger partial charge is 0.494 e. The smallest absolute Gasteiger partial charge is 0.297 e. The van der Waals surface area contributed by atoms with Gasteiger partial charge in [-0.15, -0.1) is 0 Å². The van der Waals surface area contributed by atoms with Crippen LogP contribution in [0.4, 0.5) is 0 Å². The molecule has 3 aromatic rings. The topological polar surface area (TPSA) is 78.9 Å². The van der Waals surface area contributed by atoms with Gasteiger partial charge in [-0.05, 0) is 73.5 Å². The summed E-state index contributed by atoms with van der Waals surface area (Å²) in [4.78, 5) is 13.3. The van der Waals surface area contributed by atoms with Gasteiger partial charge in [0.15, 0.2) is 11.9 Å². The van der Waals surface area contributed by atoms with Crippen LogP contribution in [-0.2, 0) is 19.0 Å². The zero-order valence-electron chi connectivity index (χ0n) is 18.8. The molecule has 0 saturated carbocycles. The van der Waals surface area contributed by atoms with Crippen molar-refractivity contribution in [3.05, 3.63) is 93.5 Å². The number of halogens is 2. The Morgan fingerprint density at radius 1 is 0.971 bits per heavy atom. The molecule has 3 rings (SSSR count). The van der Waals surface area contributed by atoms with Crippen molar-refractivity contribution in [3.63, 3.8) is 0 Å². The SMILES string of the molecule is CCOc1ccc(C(OC)C(OS(=O)(=O)c2ccc(C)c(Cl)c2)C(=O)c2ccc(Cl)cc2)cc1. The molecule has 0 fully saturated rings. The van der Waals surface area contributed by atoms with E-state index in [0.29, 0.717) is 28.5 Å². The Morgan fingerprint density at radius 3 is 2.18 bits per heavy atom. The van der Waals surface area contributed by atoms with Crippen molar-refractivity contribution in [2.75, 3.05) is 13.7 Å². The van der Waals surface area contributed by atoms with Crippen LogP contribution in [-0.4, -0.2) is 34.0 Å². The molecule has 0 aromatic heterocycles. The highest BCUT2D eigenvalue weighted by Crippen LogP contribution is 2.31. The maximum atomic E-state index is 13.5. The maximum Gasteiger partial charge on any atom is 0.297 e. The fraction of sp³-hybridized carbons (Fsp3) is 0.240. The summed E-state index contributed by atoms with van der Waals surface area (Å²) >= 11 is 12.1. The van der Waals surface area contributed by atoms with Gasteiger partial charge in [0, 0.05) is 22.7 Å². The van der Waals surface area contributed by atoms with Gasteiger partial charge in [-0.25, -0.2) is 0 Å². The molecule has 0 aliphatic rings. The average Bonchev–Trinajstić information content (AvgIpc) is 2.82. The number of ketones is 1. The van der Waals surface area contributed by atoms with Crippen LogP contribution < -0.4 is 4.74 Å². The molecule has 0 amide bonds. The van der Waals surface area contributed by atoms with Gasteiger partial charge in [0.25, 0.3) is 10.1 Å². The van der Waals surface area contributed by atoms with Crippen molar-refractivity contribution in [3.8, 4) is 5.75 Å². The lowest BCUT2D eigenvalue weighted by molar-refractivity contribution is 0.00847. The first-order chi connectivity index (χ1) is 16.2. The number of aryl methyl sites for hydroxylation is 1. The molecule has 0 aliphatic heterocycles. The maximum absolute atomic E-state index is 13.5. The number of hydrogen-bond donors (Lipinski definition) is 0. The lowest BCUT2D eigenvalue weighted by Gasteiger charge is -2.25. The van der Waals surface area contributed by atoms with Crippen molar-refractivity contribution in [1.29, 1.82) is 0 Å². The Kier molecular flexibility index (Phi) is 8.73. The van der Waals surface area contributed by atoms with Crippen LogP contribution in [0.1, 0.15) is 34.5 Å². The van der Waals surface area contributed by atoms with Gasteiger partial charge in [-0.1, -0.05) is 41.4 Å². The quantitative estimate of drug-likeness (QED) is 0.238. The van der Waals surface area contributed by atoms with Crippen LogP contribution in [0, 0.1) is 6.92 Å². The highest BCUT2D eigenvalue weighted by molar-refractivity contribution is 7.86. The van der Waals surface area contributed by atoms with Crippen molar-refractivity contribution >= 4 is 39.1 Å². The Bertz CT molecular complexity index is 1240. The third-order valence-electron chi connectivity index (χ3n) is 5.10. The highest BCUT2D eigenvalue weighted by Gasteiger charge is 2.36. The van der Waals surface area contributed by atoms with E-state index in [2.05, 4.69) is 0 Å². The van der Waals surface area contributed by atoms with Crippen LogP contribution in [0.2, 0.25) is 10.0 Å². The number of hydrogen-bond acceptors (Lipinski definition) is 6. The molecule has 0 radical (unpaired) electrons. The molecule has 2 atom stereocenters. The zero-order chi connectivity index (χ0) is 24.9. The monoisotopic (exact) mass is 522 g/mol. The molecule has 0 aliphatic carbocycles. The Balaban J connectivity index is 2.04. The molecule has 180 valence electrons. The lowest BCUT2D eigenvalue weighted by atomic mass is 9.97. The van der Waals surface area contributed by atoms with Crippen molar-refractivity contribution < 1.29 is 26.9 Å². The van der Waals surface area contributed by atoms with E-state index >= 15 is 0 Å². The van der Waals surface area contributed by atoms with E-state index in [1.807, 2.05) is 6.92 Å². The minimum Gasteiger partial charge on any atom is -0.494 e. The van der Waals surface area contributed by atoms with E-state index in [9.17, 15) is 13.2 Å².